The van der Waals surface area contributed by atoms with Gasteiger partial charge >= 0.3 is 5.97 Å². The summed E-state index contributed by atoms with van der Waals surface area (Å²) in [7, 11) is 1.30. The number of nitrogens with zero attached hydrogens (tertiary/aromatic N) is 1. The van der Waals surface area contributed by atoms with Gasteiger partial charge in [-0.05, 0) is 25.7 Å². The highest BCUT2D eigenvalue weighted by Gasteiger charge is 2.28. The Morgan fingerprint density at radius 1 is 1.53 bits per heavy atom. The molecule has 0 spiro atoms. The summed E-state index contributed by atoms with van der Waals surface area (Å²) < 4.78 is 9.83. The maximum Gasteiger partial charge on any atom is 0.328 e. The third-order valence-corrected chi connectivity index (χ3v) is 3.13. The van der Waals surface area contributed by atoms with Crippen molar-refractivity contribution in [2.75, 3.05) is 20.3 Å². The van der Waals surface area contributed by atoms with Gasteiger partial charge in [-0.1, -0.05) is 0 Å². The number of unbranched alkanes of at least 4 members (excludes halogenated alkanes) is 2. The second-order valence-corrected chi connectivity index (χ2v) is 4.55. The van der Waals surface area contributed by atoms with Gasteiger partial charge in [-0.3, -0.25) is 4.79 Å². The molecule has 1 saturated heterocycles. The van der Waals surface area contributed by atoms with Gasteiger partial charge in [-0.25, -0.2) is 4.79 Å². The molecule has 0 aliphatic carbocycles. The van der Waals surface area contributed by atoms with E-state index in [0.29, 0.717) is 45.3 Å². The molecule has 0 saturated carbocycles. The highest BCUT2D eigenvalue weighted by atomic mass is 16.5. The van der Waals surface area contributed by atoms with Crippen LogP contribution in [0.5, 0.6) is 0 Å². The molecule has 106 valence electrons. The van der Waals surface area contributed by atoms with Crippen molar-refractivity contribution in [1.29, 1.82) is 5.26 Å². The van der Waals surface area contributed by atoms with E-state index >= 15 is 0 Å². The zero-order chi connectivity index (χ0) is 14.1. The number of amides is 1. The number of rotatable bonds is 7. The van der Waals surface area contributed by atoms with Gasteiger partial charge in [0.2, 0.25) is 5.91 Å². The van der Waals surface area contributed by atoms with Gasteiger partial charge in [0.25, 0.3) is 0 Å². The highest BCUT2D eigenvalue weighted by molar-refractivity contribution is 5.85. The first-order valence-corrected chi connectivity index (χ1v) is 6.52. The monoisotopic (exact) mass is 268 g/mol. The molecule has 1 aliphatic rings. The van der Waals surface area contributed by atoms with E-state index in [2.05, 4.69) is 16.1 Å². The first kappa shape index (κ1) is 15.4. The summed E-state index contributed by atoms with van der Waals surface area (Å²) >= 11 is 0. The number of esters is 1. The molecule has 19 heavy (non-hydrogen) atoms. The minimum absolute atomic E-state index is 0.159. The smallest absolute Gasteiger partial charge is 0.328 e. The Hall–Kier alpha value is -1.61. The van der Waals surface area contributed by atoms with Crippen molar-refractivity contribution in [3.63, 3.8) is 0 Å². The maximum atomic E-state index is 11.9. The first-order valence-electron chi connectivity index (χ1n) is 6.52. The Morgan fingerprint density at radius 2 is 2.32 bits per heavy atom. The molecule has 0 aromatic carbocycles. The molecule has 1 aliphatic heterocycles. The average molecular weight is 268 g/mol. The predicted molar refractivity (Wildman–Crippen MR) is 67.0 cm³/mol. The van der Waals surface area contributed by atoms with Crippen LogP contribution >= 0.6 is 0 Å². The van der Waals surface area contributed by atoms with Crippen molar-refractivity contribution in [1.82, 2.24) is 5.32 Å². The van der Waals surface area contributed by atoms with Crippen LogP contribution in [-0.4, -0.2) is 38.2 Å². The molecule has 1 rings (SSSR count). The fourth-order valence-corrected chi connectivity index (χ4v) is 1.97. The van der Waals surface area contributed by atoms with Gasteiger partial charge in [0, 0.05) is 13.0 Å². The fourth-order valence-electron chi connectivity index (χ4n) is 1.97. The van der Waals surface area contributed by atoms with Crippen molar-refractivity contribution >= 4 is 11.9 Å². The standard InChI is InChI=1S/C13H20N2O4/c1-18-13(17)11(5-3-2-4-7-14)15-12(16)10-6-8-19-9-10/h10-11H,2-6,8-9H2,1H3,(H,15,16)/t10-,11-/m1/s1. The number of hydrogen-bond donors (Lipinski definition) is 1. The molecule has 0 unspecified atom stereocenters. The molecule has 1 heterocycles. The van der Waals surface area contributed by atoms with Crippen LogP contribution in [0.4, 0.5) is 0 Å². The second kappa shape index (κ2) is 8.48. The Labute approximate surface area is 113 Å². The van der Waals surface area contributed by atoms with Crippen LogP contribution in [0.25, 0.3) is 0 Å². The molecule has 2 atom stereocenters. The Kier molecular flexibility index (Phi) is 6.90. The van der Waals surface area contributed by atoms with Crippen LogP contribution < -0.4 is 5.32 Å². The van der Waals surface area contributed by atoms with Crippen LogP contribution in [-0.2, 0) is 19.1 Å². The topological polar surface area (TPSA) is 88.4 Å². The predicted octanol–water partition coefficient (Wildman–Crippen LogP) is 0.765. The largest absolute Gasteiger partial charge is 0.467 e. The fraction of sp³-hybridized carbons (Fsp3) is 0.769. The molecule has 6 nitrogen and oxygen atoms in total. The summed E-state index contributed by atoms with van der Waals surface area (Å²) in [5.41, 5.74) is 0. The van der Waals surface area contributed by atoms with Gasteiger partial charge in [-0.15, -0.1) is 0 Å². The van der Waals surface area contributed by atoms with Crippen molar-refractivity contribution in [2.45, 2.75) is 38.1 Å². The molecule has 1 amide bonds. The van der Waals surface area contributed by atoms with Gasteiger partial charge in [-0.2, -0.15) is 5.26 Å². The number of carbonyl (C=O) groups is 2. The first-order chi connectivity index (χ1) is 9.19. The Bertz CT molecular complexity index is 345. The Balaban J connectivity index is 2.42. The summed E-state index contributed by atoms with van der Waals surface area (Å²) in [6.07, 6.45) is 3.06. The van der Waals surface area contributed by atoms with E-state index in [4.69, 9.17) is 10.00 Å². The SMILES string of the molecule is COC(=O)[C@@H](CCCCC#N)NC(=O)[C@@H]1CCOC1. The third kappa shape index (κ3) is 5.26. The molecule has 0 aromatic heterocycles. The summed E-state index contributed by atoms with van der Waals surface area (Å²) in [5, 5.41) is 11.2. The van der Waals surface area contributed by atoms with E-state index in [1.54, 1.807) is 0 Å². The summed E-state index contributed by atoms with van der Waals surface area (Å²) in [4.78, 5) is 23.5. The van der Waals surface area contributed by atoms with Crippen LogP contribution in [0.15, 0.2) is 0 Å². The van der Waals surface area contributed by atoms with E-state index < -0.39 is 12.0 Å². The zero-order valence-corrected chi connectivity index (χ0v) is 11.2. The van der Waals surface area contributed by atoms with Gasteiger partial charge in [0.1, 0.15) is 6.04 Å². The highest BCUT2D eigenvalue weighted by Crippen LogP contribution is 2.13. The molecule has 0 radical (unpaired) electrons. The van der Waals surface area contributed by atoms with Crippen molar-refractivity contribution in [2.24, 2.45) is 5.92 Å². The molecule has 1 N–H and O–H groups in total. The Morgan fingerprint density at radius 3 is 2.89 bits per heavy atom. The molecule has 6 heteroatoms. The van der Waals surface area contributed by atoms with Crippen LogP contribution in [0.3, 0.4) is 0 Å². The molecule has 0 aromatic rings. The molecule has 1 fully saturated rings. The lowest BCUT2D eigenvalue weighted by Crippen LogP contribution is -2.44. The molecule has 0 bridgehead atoms. The van der Waals surface area contributed by atoms with Gasteiger partial charge in [0.05, 0.1) is 25.7 Å². The van der Waals surface area contributed by atoms with Crippen molar-refractivity contribution < 1.29 is 19.1 Å². The van der Waals surface area contributed by atoms with Crippen molar-refractivity contribution in [3.8, 4) is 6.07 Å². The van der Waals surface area contributed by atoms with Gasteiger partial charge in [0.15, 0.2) is 0 Å². The third-order valence-electron chi connectivity index (χ3n) is 3.13. The maximum absolute atomic E-state index is 11.9. The number of nitrogens with one attached hydrogen (secondary N) is 1. The summed E-state index contributed by atoms with van der Waals surface area (Å²) in [5.74, 6) is -0.774. The second-order valence-electron chi connectivity index (χ2n) is 4.55. The van der Waals surface area contributed by atoms with E-state index in [-0.39, 0.29) is 11.8 Å². The summed E-state index contributed by atoms with van der Waals surface area (Å²) in [6.45, 7) is 0.997. The van der Waals surface area contributed by atoms with E-state index in [9.17, 15) is 9.59 Å². The normalized spacial score (nSPS) is 19.5. The van der Waals surface area contributed by atoms with E-state index in [0.717, 1.165) is 0 Å². The number of methoxy groups -OCH3 is 1. The molecular weight excluding hydrogens is 248 g/mol. The van der Waals surface area contributed by atoms with Crippen LogP contribution in [0.1, 0.15) is 32.1 Å². The average Bonchev–Trinajstić information content (AvgIpc) is 2.95. The number of carbonyl (C=O) groups excluding carboxylic acids is 2. The van der Waals surface area contributed by atoms with Crippen molar-refractivity contribution in [3.05, 3.63) is 0 Å². The minimum atomic E-state index is -0.628. The number of ether oxygens (including phenoxy) is 2. The lowest BCUT2D eigenvalue weighted by molar-refractivity contribution is -0.145. The zero-order valence-electron chi connectivity index (χ0n) is 11.2. The van der Waals surface area contributed by atoms with Crippen LogP contribution in [0, 0.1) is 17.2 Å². The van der Waals surface area contributed by atoms with E-state index in [1.807, 2.05) is 0 Å². The van der Waals surface area contributed by atoms with Gasteiger partial charge < -0.3 is 14.8 Å². The quantitative estimate of drug-likeness (QED) is 0.544. The van der Waals surface area contributed by atoms with E-state index in [1.165, 1.54) is 7.11 Å². The lowest BCUT2D eigenvalue weighted by Gasteiger charge is -2.18. The molecular formula is C13H20N2O4. The van der Waals surface area contributed by atoms with Crippen LogP contribution in [0.2, 0.25) is 0 Å². The number of nitriles is 1. The lowest BCUT2D eigenvalue weighted by atomic mass is 10.1. The summed E-state index contributed by atoms with van der Waals surface area (Å²) in [6, 6.07) is 1.42. The number of hydrogen-bond acceptors (Lipinski definition) is 5. The minimum Gasteiger partial charge on any atom is -0.467 e.